The predicted molar refractivity (Wildman–Crippen MR) is 61.2 cm³/mol. The molecule has 2 aromatic rings. The normalized spacial score (nSPS) is 14.8. The molecule has 0 radical (unpaired) electrons. The third-order valence-corrected chi connectivity index (χ3v) is 2.89. The summed E-state index contributed by atoms with van der Waals surface area (Å²) >= 11 is 0. The van der Waals surface area contributed by atoms with E-state index in [2.05, 4.69) is 44.7 Å². The highest BCUT2D eigenvalue weighted by atomic mass is 16.5. The summed E-state index contributed by atoms with van der Waals surface area (Å²) in [6.07, 6.45) is 2.56. The maximum absolute atomic E-state index is 5.25. The van der Waals surface area contributed by atoms with Gasteiger partial charge in [0.15, 0.2) is 5.69 Å². The monoisotopic (exact) mass is 236 g/mol. The lowest BCUT2D eigenvalue weighted by Crippen LogP contribution is -2.30. The molecule has 92 valence electrons. The summed E-state index contributed by atoms with van der Waals surface area (Å²) < 4.78 is 5.25. The Morgan fingerprint density at radius 1 is 1.53 bits per heavy atom. The Hall–Kier alpha value is -1.76. The van der Waals surface area contributed by atoms with Gasteiger partial charge in [0.1, 0.15) is 0 Å². The van der Waals surface area contributed by atoms with Gasteiger partial charge in [-0.1, -0.05) is 19.0 Å². The molecule has 17 heavy (non-hydrogen) atoms. The first-order valence-corrected chi connectivity index (χ1v) is 5.63. The zero-order chi connectivity index (χ0) is 12.3. The topological polar surface area (TPSA) is 92.5 Å². The van der Waals surface area contributed by atoms with Crippen LogP contribution < -0.4 is 5.32 Å². The molecule has 0 amide bonds. The van der Waals surface area contributed by atoms with Crippen LogP contribution in [0.1, 0.15) is 32.1 Å². The molecule has 2 N–H and O–H groups in total. The number of likely N-dealkylation sites (N-methyl/N-ethyl adjacent to an activating group) is 1. The lowest BCUT2D eigenvalue weighted by molar-refractivity contribution is 0.326. The largest absolute Gasteiger partial charge is 0.339 e. The van der Waals surface area contributed by atoms with E-state index in [1.807, 2.05) is 7.05 Å². The van der Waals surface area contributed by atoms with E-state index < -0.39 is 0 Å². The minimum atomic E-state index is 0.165. The molecule has 2 atom stereocenters. The van der Waals surface area contributed by atoms with E-state index in [1.54, 1.807) is 6.20 Å². The van der Waals surface area contributed by atoms with Crippen LogP contribution in [0.2, 0.25) is 0 Å². The van der Waals surface area contributed by atoms with Crippen molar-refractivity contribution in [2.75, 3.05) is 7.05 Å². The lowest BCUT2D eigenvalue weighted by Gasteiger charge is -2.18. The molecule has 0 aliphatic rings. The second-order valence-electron chi connectivity index (χ2n) is 3.90. The van der Waals surface area contributed by atoms with Crippen molar-refractivity contribution in [3.63, 3.8) is 0 Å². The summed E-state index contributed by atoms with van der Waals surface area (Å²) in [6, 6.07) is 0.320. The number of hydrogen-bond acceptors (Lipinski definition) is 6. The fourth-order valence-electron chi connectivity index (χ4n) is 1.81. The molecule has 0 fully saturated rings. The van der Waals surface area contributed by atoms with Gasteiger partial charge in [0.05, 0.1) is 12.1 Å². The quantitative estimate of drug-likeness (QED) is 0.803. The Balaban J connectivity index is 2.18. The predicted octanol–water partition coefficient (Wildman–Crippen LogP) is 0.956. The molecule has 7 nitrogen and oxygen atoms in total. The molecule has 0 aliphatic carbocycles. The average Bonchev–Trinajstić information content (AvgIpc) is 3.01. The maximum atomic E-state index is 5.25. The van der Waals surface area contributed by atoms with Gasteiger partial charge >= 0.3 is 0 Å². The first-order valence-electron chi connectivity index (χ1n) is 5.63. The standard InChI is InChI=1S/C10H16N6O/c1-4-7(11-3)6(2)10-13-9(15-17-10)8-5-12-16-14-8/h5-7,11H,4H2,1-3H3,(H,12,14,16). The van der Waals surface area contributed by atoms with Crippen LogP contribution in [-0.4, -0.2) is 38.6 Å². The van der Waals surface area contributed by atoms with E-state index in [-0.39, 0.29) is 5.92 Å². The van der Waals surface area contributed by atoms with E-state index in [4.69, 9.17) is 4.52 Å². The van der Waals surface area contributed by atoms with Gasteiger partial charge in [-0.05, 0) is 13.5 Å². The summed E-state index contributed by atoms with van der Waals surface area (Å²) in [4.78, 5) is 4.33. The van der Waals surface area contributed by atoms with E-state index in [1.165, 1.54) is 0 Å². The van der Waals surface area contributed by atoms with Gasteiger partial charge in [-0.15, -0.1) is 0 Å². The molecule has 7 heteroatoms. The van der Waals surface area contributed by atoms with Gasteiger partial charge < -0.3 is 9.84 Å². The Morgan fingerprint density at radius 2 is 2.35 bits per heavy atom. The average molecular weight is 236 g/mol. The van der Waals surface area contributed by atoms with Crippen molar-refractivity contribution in [3.05, 3.63) is 12.1 Å². The Labute approximate surface area is 99.0 Å². The Morgan fingerprint density at radius 3 is 2.94 bits per heavy atom. The summed E-state index contributed by atoms with van der Waals surface area (Å²) in [5.74, 6) is 1.24. The third-order valence-electron chi connectivity index (χ3n) is 2.89. The van der Waals surface area contributed by atoms with Crippen LogP contribution in [0.5, 0.6) is 0 Å². The molecule has 0 aromatic carbocycles. The number of aromatic amines is 1. The van der Waals surface area contributed by atoms with Gasteiger partial charge in [0.2, 0.25) is 11.7 Å². The van der Waals surface area contributed by atoms with Crippen molar-refractivity contribution in [2.45, 2.75) is 32.2 Å². The van der Waals surface area contributed by atoms with Crippen LogP contribution in [0.25, 0.3) is 11.5 Å². The SMILES string of the molecule is CCC(NC)C(C)c1nc(-c2cn[nH]n2)no1. The first-order chi connectivity index (χ1) is 8.26. The third kappa shape index (κ3) is 2.33. The first kappa shape index (κ1) is 11.7. The van der Waals surface area contributed by atoms with Crippen molar-refractivity contribution in [1.29, 1.82) is 0 Å². The highest BCUT2D eigenvalue weighted by Crippen LogP contribution is 2.21. The second kappa shape index (κ2) is 5.05. The molecule has 2 unspecified atom stereocenters. The van der Waals surface area contributed by atoms with Crippen LogP contribution in [0.15, 0.2) is 10.7 Å². The number of hydrogen-bond donors (Lipinski definition) is 2. The molecule has 0 bridgehead atoms. The maximum Gasteiger partial charge on any atom is 0.231 e. The minimum absolute atomic E-state index is 0.165. The molecular formula is C10H16N6O. The second-order valence-corrected chi connectivity index (χ2v) is 3.90. The van der Waals surface area contributed by atoms with Crippen molar-refractivity contribution in [2.24, 2.45) is 0 Å². The van der Waals surface area contributed by atoms with Crippen LogP contribution in [0, 0.1) is 0 Å². The number of nitrogens with zero attached hydrogens (tertiary/aromatic N) is 4. The van der Waals surface area contributed by atoms with Crippen LogP contribution >= 0.6 is 0 Å². The van der Waals surface area contributed by atoms with Gasteiger partial charge in [-0.25, -0.2) is 0 Å². The smallest absolute Gasteiger partial charge is 0.231 e. The molecule has 2 heterocycles. The van der Waals surface area contributed by atoms with Gasteiger partial charge in [-0.2, -0.15) is 20.4 Å². The number of nitrogens with one attached hydrogen (secondary N) is 2. The van der Waals surface area contributed by atoms with Gasteiger partial charge in [0.25, 0.3) is 0 Å². The van der Waals surface area contributed by atoms with Crippen molar-refractivity contribution in [3.8, 4) is 11.5 Å². The Bertz CT molecular complexity index is 447. The van der Waals surface area contributed by atoms with Gasteiger partial charge in [0, 0.05) is 6.04 Å². The zero-order valence-corrected chi connectivity index (χ0v) is 10.1. The zero-order valence-electron chi connectivity index (χ0n) is 10.1. The van der Waals surface area contributed by atoms with Crippen LogP contribution in [0.3, 0.4) is 0 Å². The van der Waals surface area contributed by atoms with Crippen molar-refractivity contribution < 1.29 is 4.52 Å². The highest BCUT2D eigenvalue weighted by Gasteiger charge is 2.22. The Kier molecular flexibility index (Phi) is 3.48. The molecule has 0 saturated heterocycles. The molecule has 2 aromatic heterocycles. The molecule has 0 spiro atoms. The fraction of sp³-hybridized carbons (Fsp3) is 0.600. The molecule has 0 aliphatic heterocycles. The van der Waals surface area contributed by atoms with E-state index >= 15 is 0 Å². The number of aromatic nitrogens is 5. The van der Waals surface area contributed by atoms with Crippen molar-refractivity contribution in [1.82, 2.24) is 30.9 Å². The summed E-state index contributed by atoms with van der Waals surface area (Å²) in [5.41, 5.74) is 0.588. The molecule has 2 rings (SSSR count). The molecular weight excluding hydrogens is 220 g/mol. The van der Waals surface area contributed by atoms with Crippen molar-refractivity contribution >= 4 is 0 Å². The van der Waals surface area contributed by atoms with Crippen LogP contribution in [-0.2, 0) is 0 Å². The number of rotatable bonds is 5. The fourth-order valence-corrected chi connectivity index (χ4v) is 1.81. The number of H-pyrrole nitrogens is 1. The van der Waals surface area contributed by atoms with E-state index in [0.29, 0.717) is 23.5 Å². The summed E-state index contributed by atoms with van der Waals surface area (Å²) in [6.45, 7) is 4.18. The van der Waals surface area contributed by atoms with E-state index in [9.17, 15) is 0 Å². The minimum Gasteiger partial charge on any atom is -0.339 e. The summed E-state index contributed by atoms with van der Waals surface area (Å²) in [5, 5.41) is 17.3. The summed E-state index contributed by atoms with van der Waals surface area (Å²) in [7, 11) is 1.93. The van der Waals surface area contributed by atoms with E-state index in [0.717, 1.165) is 6.42 Å². The van der Waals surface area contributed by atoms with Crippen LogP contribution in [0.4, 0.5) is 0 Å². The lowest BCUT2D eigenvalue weighted by atomic mass is 10.00. The highest BCUT2D eigenvalue weighted by molar-refractivity contribution is 5.44. The molecule has 0 saturated carbocycles. The van der Waals surface area contributed by atoms with Gasteiger partial charge in [-0.3, -0.25) is 0 Å².